The Balaban J connectivity index is 1.65. The van der Waals surface area contributed by atoms with Gasteiger partial charge >= 0.3 is 0 Å². The molecule has 2 saturated heterocycles. The quantitative estimate of drug-likeness (QED) is 0.458. The Morgan fingerprint density at radius 1 is 1.18 bits per heavy atom. The van der Waals surface area contributed by atoms with E-state index in [4.69, 9.17) is 9.98 Å². The summed E-state index contributed by atoms with van der Waals surface area (Å²) < 4.78 is 2.56. The molecule has 0 amide bonds. The van der Waals surface area contributed by atoms with Crippen molar-refractivity contribution in [2.45, 2.75) is 84.5 Å². The normalized spacial score (nSPS) is 24.3. The van der Waals surface area contributed by atoms with Gasteiger partial charge < -0.3 is 9.47 Å². The Bertz CT molecular complexity index is 1040. The molecule has 2 unspecified atom stereocenters. The summed E-state index contributed by atoms with van der Waals surface area (Å²) >= 11 is 0. The minimum absolute atomic E-state index is 0.287. The first-order chi connectivity index (χ1) is 16.4. The Morgan fingerprint density at radius 2 is 1.91 bits per heavy atom. The van der Waals surface area contributed by atoms with Gasteiger partial charge in [0.05, 0.1) is 28.8 Å². The van der Waals surface area contributed by atoms with Crippen molar-refractivity contribution in [2.75, 3.05) is 20.1 Å². The second kappa shape index (κ2) is 11.0. The second-order valence-corrected chi connectivity index (χ2v) is 10.4. The topological polar surface area (TPSA) is 36.7 Å². The van der Waals surface area contributed by atoms with E-state index < -0.39 is 0 Å². The van der Waals surface area contributed by atoms with Crippen molar-refractivity contribution in [3.05, 3.63) is 54.5 Å². The third-order valence-electron chi connectivity index (χ3n) is 8.12. The molecule has 5 heteroatoms. The van der Waals surface area contributed by atoms with E-state index in [-0.39, 0.29) is 6.04 Å². The van der Waals surface area contributed by atoms with Gasteiger partial charge in [-0.25, -0.2) is 4.98 Å². The fourth-order valence-corrected chi connectivity index (χ4v) is 5.92. The lowest BCUT2D eigenvalue weighted by atomic mass is 9.89. The maximum Gasteiger partial charge on any atom is 0.127 e. The first kappa shape index (κ1) is 24.9. The Morgan fingerprint density at radius 3 is 2.59 bits per heavy atom. The molecule has 4 rings (SSSR count). The van der Waals surface area contributed by atoms with Gasteiger partial charge in [0.2, 0.25) is 0 Å². The number of rotatable bonds is 7. The van der Waals surface area contributed by atoms with Crippen LogP contribution in [0.1, 0.15) is 71.7 Å². The monoisotopic (exact) mass is 461 g/mol. The molecule has 0 radical (unpaired) electrons. The molecule has 0 aliphatic carbocycles. The maximum atomic E-state index is 5.24. The lowest BCUT2D eigenvalue weighted by molar-refractivity contribution is 0.131. The van der Waals surface area contributed by atoms with Crippen molar-refractivity contribution < 1.29 is 0 Å². The maximum absolute atomic E-state index is 5.24. The van der Waals surface area contributed by atoms with E-state index >= 15 is 0 Å². The average molecular weight is 462 g/mol. The molecule has 3 heterocycles. The summed E-state index contributed by atoms with van der Waals surface area (Å²) in [6, 6.07) is 9.92. The lowest BCUT2D eigenvalue weighted by Gasteiger charge is -2.40. The number of hydrogen-bond acceptors (Lipinski definition) is 4. The molecule has 2 aromatic rings. The van der Waals surface area contributed by atoms with Crippen LogP contribution in [0.4, 0.5) is 0 Å². The molecule has 184 valence electrons. The first-order valence-corrected chi connectivity index (χ1v) is 13.2. The number of nitrogens with zero attached hydrogens (tertiary/aromatic N) is 5. The highest BCUT2D eigenvalue weighted by Crippen LogP contribution is 2.36. The summed E-state index contributed by atoms with van der Waals surface area (Å²) in [4.78, 5) is 15.1. The number of imidazole rings is 1. The SMILES string of the molecule is C=CN=C(/C(C)=C\C)C1CCCC(c2nc3ccccc3n2CC2CCN(C(C)C)CC2)N1C. The van der Waals surface area contributed by atoms with Gasteiger partial charge in [0.1, 0.15) is 5.82 Å². The van der Waals surface area contributed by atoms with E-state index in [1.807, 2.05) is 0 Å². The summed E-state index contributed by atoms with van der Waals surface area (Å²) in [5, 5.41) is 0. The summed E-state index contributed by atoms with van der Waals surface area (Å²) in [5.41, 5.74) is 4.79. The van der Waals surface area contributed by atoms with Crippen LogP contribution in [-0.4, -0.2) is 57.3 Å². The fraction of sp³-hybridized carbons (Fsp3) is 0.586. The summed E-state index contributed by atoms with van der Waals surface area (Å²) in [6.45, 7) is 16.3. The Hall–Kier alpha value is -2.24. The van der Waals surface area contributed by atoms with Crippen LogP contribution in [0.2, 0.25) is 0 Å². The molecule has 0 saturated carbocycles. The van der Waals surface area contributed by atoms with E-state index in [2.05, 4.69) is 86.0 Å². The van der Waals surface area contributed by atoms with E-state index in [0.717, 1.165) is 30.6 Å². The highest BCUT2D eigenvalue weighted by molar-refractivity contribution is 6.04. The summed E-state index contributed by atoms with van der Waals surface area (Å²) in [6.07, 6.45) is 9.84. The van der Waals surface area contributed by atoms with Crippen molar-refractivity contribution >= 4 is 16.7 Å². The van der Waals surface area contributed by atoms with Crippen molar-refractivity contribution in [1.82, 2.24) is 19.4 Å². The van der Waals surface area contributed by atoms with E-state index in [1.54, 1.807) is 6.20 Å². The number of piperidine rings is 2. The molecule has 0 spiro atoms. The number of likely N-dealkylation sites (tertiary alicyclic amines) is 2. The van der Waals surface area contributed by atoms with Gasteiger partial charge in [-0.05, 0) is 104 Å². The Kier molecular flexibility index (Phi) is 8.05. The van der Waals surface area contributed by atoms with Crippen LogP contribution >= 0.6 is 0 Å². The zero-order valence-corrected chi connectivity index (χ0v) is 21.9. The second-order valence-electron chi connectivity index (χ2n) is 10.4. The van der Waals surface area contributed by atoms with E-state index in [1.165, 1.54) is 49.3 Å². The minimum atomic E-state index is 0.287. The van der Waals surface area contributed by atoms with E-state index in [0.29, 0.717) is 18.0 Å². The standard InChI is InChI=1S/C29H43N5/c1-7-22(5)28(30-8-2)26-14-11-15-27(32(26)6)29-31-24-12-9-10-13-25(24)34(29)20-23-16-18-33(19-17-23)21(3)4/h7-10,12-13,21,23,26-27H,2,11,14-20H2,1,3-6H3/b22-7-,30-28?. The summed E-state index contributed by atoms with van der Waals surface area (Å²) in [7, 11) is 2.26. The zero-order valence-electron chi connectivity index (χ0n) is 21.9. The largest absolute Gasteiger partial charge is 0.326 e. The summed E-state index contributed by atoms with van der Waals surface area (Å²) in [5.74, 6) is 1.94. The number of aliphatic imine (C=N–C) groups is 1. The molecule has 5 nitrogen and oxygen atoms in total. The number of aromatic nitrogens is 2. The van der Waals surface area contributed by atoms with Crippen LogP contribution in [0, 0.1) is 5.92 Å². The molecule has 1 aromatic carbocycles. The van der Waals surface area contributed by atoms with Gasteiger partial charge in [-0.1, -0.05) is 24.8 Å². The van der Waals surface area contributed by atoms with Crippen LogP contribution in [0.5, 0.6) is 0 Å². The van der Waals surface area contributed by atoms with Gasteiger partial charge in [-0.15, -0.1) is 0 Å². The molecule has 0 N–H and O–H groups in total. The number of fused-ring (bicyclic) bond motifs is 1. The third kappa shape index (κ3) is 5.06. The van der Waals surface area contributed by atoms with Crippen molar-refractivity contribution in [2.24, 2.45) is 10.9 Å². The highest BCUT2D eigenvalue weighted by atomic mass is 15.2. The molecule has 2 atom stereocenters. The predicted octanol–water partition coefficient (Wildman–Crippen LogP) is 6.23. The zero-order chi connectivity index (χ0) is 24.2. The molecule has 2 aliphatic rings. The van der Waals surface area contributed by atoms with Gasteiger partial charge in [0.25, 0.3) is 0 Å². The Labute approximate surface area is 206 Å². The van der Waals surface area contributed by atoms with E-state index in [9.17, 15) is 0 Å². The molecule has 1 aromatic heterocycles. The highest BCUT2D eigenvalue weighted by Gasteiger charge is 2.35. The van der Waals surface area contributed by atoms with Crippen LogP contribution in [0.15, 0.2) is 53.7 Å². The molecular weight excluding hydrogens is 418 g/mol. The molecule has 2 aliphatic heterocycles. The molecule has 2 fully saturated rings. The number of hydrogen-bond donors (Lipinski definition) is 0. The molecule has 34 heavy (non-hydrogen) atoms. The van der Waals surface area contributed by atoms with Gasteiger partial charge in [0.15, 0.2) is 0 Å². The van der Waals surface area contributed by atoms with Crippen LogP contribution in [0.25, 0.3) is 11.0 Å². The third-order valence-corrected chi connectivity index (χ3v) is 8.12. The number of allylic oxidation sites excluding steroid dienone is 1. The van der Waals surface area contributed by atoms with Crippen LogP contribution < -0.4 is 0 Å². The molecular formula is C29H43N5. The van der Waals surface area contributed by atoms with Gasteiger partial charge in [0, 0.05) is 18.8 Å². The molecule has 0 bridgehead atoms. The lowest BCUT2D eigenvalue weighted by Crippen LogP contribution is -2.45. The van der Waals surface area contributed by atoms with Crippen molar-refractivity contribution in [3.8, 4) is 0 Å². The predicted molar refractivity (Wildman–Crippen MR) is 144 cm³/mol. The average Bonchev–Trinajstić information content (AvgIpc) is 3.21. The van der Waals surface area contributed by atoms with Crippen LogP contribution in [0.3, 0.4) is 0 Å². The minimum Gasteiger partial charge on any atom is -0.326 e. The fourth-order valence-electron chi connectivity index (χ4n) is 5.92. The van der Waals surface area contributed by atoms with Gasteiger partial charge in [-0.2, -0.15) is 0 Å². The first-order valence-electron chi connectivity index (χ1n) is 13.2. The van der Waals surface area contributed by atoms with Crippen LogP contribution in [-0.2, 0) is 6.54 Å². The smallest absolute Gasteiger partial charge is 0.127 e. The van der Waals surface area contributed by atoms with Gasteiger partial charge in [-0.3, -0.25) is 9.89 Å². The number of benzene rings is 1. The van der Waals surface area contributed by atoms with Crippen molar-refractivity contribution in [1.29, 1.82) is 0 Å². The number of para-hydroxylation sites is 2. The van der Waals surface area contributed by atoms with Crippen molar-refractivity contribution in [3.63, 3.8) is 0 Å².